The number of para-hydroxylation sites is 1. The lowest BCUT2D eigenvalue weighted by molar-refractivity contribution is 0.190. The van der Waals surface area contributed by atoms with E-state index in [0.29, 0.717) is 6.54 Å². The number of nitrogens with two attached hydrogens (primary N) is 1. The number of ether oxygens (including phenoxy) is 1. The standard InChI is InChI=1S/C18H22N2O2/c19-12-18-17-11-16(22-15-5-2-1-3-6-15)8-7-14(17)13-20(18)9-4-10-21/h1-3,5-8,11,18,21H,4,9-10,12-13,19H2. The highest BCUT2D eigenvalue weighted by molar-refractivity contribution is 5.42. The minimum Gasteiger partial charge on any atom is -0.457 e. The average Bonchev–Trinajstić information content (AvgIpc) is 2.90. The van der Waals surface area contributed by atoms with Crippen LogP contribution in [0.15, 0.2) is 48.5 Å². The number of fused-ring (bicyclic) bond motifs is 1. The molecule has 0 spiro atoms. The number of aliphatic hydroxyl groups is 1. The van der Waals surface area contributed by atoms with Crippen molar-refractivity contribution < 1.29 is 9.84 Å². The van der Waals surface area contributed by atoms with Crippen LogP contribution in [0.2, 0.25) is 0 Å². The first-order chi connectivity index (χ1) is 10.8. The predicted octanol–water partition coefficient (Wildman–Crippen LogP) is 2.68. The molecule has 0 saturated heterocycles. The quantitative estimate of drug-likeness (QED) is 0.861. The third-order valence-electron chi connectivity index (χ3n) is 4.10. The highest BCUT2D eigenvalue weighted by Crippen LogP contribution is 2.36. The summed E-state index contributed by atoms with van der Waals surface area (Å²) in [5.74, 6) is 1.68. The van der Waals surface area contributed by atoms with Crippen molar-refractivity contribution in [3.05, 3.63) is 59.7 Å². The van der Waals surface area contributed by atoms with E-state index in [-0.39, 0.29) is 12.6 Å². The van der Waals surface area contributed by atoms with Crippen LogP contribution in [-0.4, -0.2) is 29.7 Å². The first kappa shape index (κ1) is 15.0. The summed E-state index contributed by atoms with van der Waals surface area (Å²) in [4.78, 5) is 2.33. The zero-order valence-electron chi connectivity index (χ0n) is 12.6. The molecule has 4 heteroatoms. The van der Waals surface area contributed by atoms with Gasteiger partial charge in [-0.1, -0.05) is 24.3 Å². The van der Waals surface area contributed by atoms with Gasteiger partial charge in [-0.2, -0.15) is 0 Å². The van der Waals surface area contributed by atoms with Crippen LogP contribution in [0.5, 0.6) is 11.5 Å². The van der Waals surface area contributed by atoms with E-state index < -0.39 is 0 Å². The summed E-state index contributed by atoms with van der Waals surface area (Å²) >= 11 is 0. The Kier molecular flexibility index (Phi) is 4.73. The second kappa shape index (κ2) is 6.92. The maximum atomic E-state index is 9.03. The Labute approximate surface area is 131 Å². The molecule has 2 aromatic carbocycles. The van der Waals surface area contributed by atoms with Crippen molar-refractivity contribution >= 4 is 0 Å². The van der Waals surface area contributed by atoms with Gasteiger partial charge in [0, 0.05) is 32.3 Å². The summed E-state index contributed by atoms with van der Waals surface area (Å²) < 4.78 is 5.91. The number of aliphatic hydroxyl groups excluding tert-OH is 1. The van der Waals surface area contributed by atoms with E-state index >= 15 is 0 Å². The van der Waals surface area contributed by atoms with Gasteiger partial charge in [0.1, 0.15) is 11.5 Å². The Morgan fingerprint density at radius 2 is 1.95 bits per heavy atom. The molecule has 22 heavy (non-hydrogen) atoms. The van der Waals surface area contributed by atoms with E-state index in [1.165, 1.54) is 11.1 Å². The molecular formula is C18H22N2O2. The Balaban J connectivity index is 1.79. The largest absolute Gasteiger partial charge is 0.457 e. The fourth-order valence-corrected chi connectivity index (χ4v) is 3.03. The Hall–Kier alpha value is -1.88. The van der Waals surface area contributed by atoms with Gasteiger partial charge in [0.15, 0.2) is 0 Å². The van der Waals surface area contributed by atoms with Crippen LogP contribution in [0, 0.1) is 0 Å². The monoisotopic (exact) mass is 298 g/mol. The van der Waals surface area contributed by atoms with Crippen LogP contribution in [0.1, 0.15) is 23.6 Å². The maximum Gasteiger partial charge on any atom is 0.127 e. The molecule has 2 aromatic rings. The molecule has 3 N–H and O–H groups in total. The maximum absolute atomic E-state index is 9.03. The van der Waals surface area contributed by atoms with E-state index in [1.807, 2.05) is 36.4 Å². The molecule has 0 bridgehead atoms. The second-order valence-electron chi connectivity index (χ2n) is 5.57. The van der Waals surface area contributed by atoms with Gasteiger partial charge in [-0.15, -0.1) is 0 Å². The minimum atomic E-state index is 0.209. The third-order valence-corrected chi connectivity index (χ3v) is 4.10. The average molecular weight is 298 g/mol. The number of hydrogen-bond acceptors (Lipinski definition) is 4. The Bertz CT molecular complexity index is 616. The van der Waals surface area contributed by atoms with Gasteiger partial charge in [-0.25, -0.2) is 0 Å². The van der Waals surface area contributed by atoms with Crippen molar-refractivity contribution in [2.75, 3.05) is 19.7 Å². The van der Waals surface area contributed by atoms with E-state index in [0.717, 1.165) is 31.0 Å². The molecule has 1 heterocycles. The van der Waals surface area contributed by atoms with Crippen LogP contribution in [-0.2, 0) is 6.54 Å². The Morgan fingerprint density at radius 3 is 2.68 bits per heavy atom. The molecule has 1 aliphatic heterocycles. The highest BCUT2D eigenvalue weighted by Gasteiger charge is 2.28. The van der Waals surface area contributed by atoms with Crippen LogP contribution in [0.3, 0.4) is 0 Å². The van der Waals surface area contributed by atoms with Gasteiger partial charge in [-0.05, 0) is 41.8 Å². The molecule has 3 rings (SSSR count). The zero-order valence-corrected chi connectivity index (χ0v) is 12.6. The summed E-state index contributed by atoms with van der Waals surface area (Å²) in [7, 11) is 0. The first-order valence-electron chi connectivity index (χ1n) is 7.72. The van der Waals surface area contributed by atoms with Crippen molar-refractivity contribution in [1.29, 1.82) is 0 Å². The molecule has 0 aliphatic carbocycles. The number of nitrogens with zero attached hydrogens (tertiary/aromatic N) is 1. The molecule has 1 atom stereocenters. The number of benzene rings is 2. The molecule has 0 saturated carbocycles. The molecule has 1 aliphatic rings. The lowest BCUT2D eigenvalue weighted by atomic mass is 10.0. The summed E-state index contributed by atoms with van der Waals surface area (Å²) in [5.41, 5.74) is 8.51. The minimum absolute atomic E-state index is 0.209. The second-order valence-corrected chi connectivity index (χ2v) is 5.57. The summed E-state index contributed by atoms with van der Waals surface area (Å²) in [6, 6.07) is 16.2. The predicted molar refractivity (Wildman–Crippen MR) is 86.9 cm³/mol. The van der Waals surface area contributed by atoms with Gasteiger partial charge in [-0.3, -0.25) is 4.90 Å². The van der Waals surface area contributed by atoms with Gasteiger partial charge in [0.25, 0.3) is 0 Å². The highest BCUT2D eigenvalue weighted by atomic mass is 16.5. The van der Waals surface area contributed by atoms with E-state index in [4.69, 9.17) is 15.6 Å². The zero-order chi connectivity index (χ0) is 15.4. The summed E-state index contributed by atoms with van der Waals surface area (Å²) in [5, 5.41) is 9.03. The lowest BCUT2D eigenvalue weighted by Crippen LogP contribution is -2.29. The van der Waals surface area contributed by atoms with Crippen LogP contribution in [0.4, 0.5) is 0 Å². The topological polar surface area (TPSA) is 58.7 Å². The molecule has 0 fully saturated rings. The number of rotatable bonds is 6. The fourth-order valence-electron chi connectivity index (χ4n) is 3.03. The molecule has 0 amide bonds. The van der Waals surface area contributed by atoms with E-state index in [1.54, 1.807) is 0 Å². The molecule has 4 nitrogen and oxygen atoms in total. The van der Waals surface area contributed by atoms with E-state index in [2.05, 4.69) is 17.0 Å². The van der Waals surface area contributed by atoms with Crippen molar-refractivity contribution in [2.45, 2.75) is 19.0 Å². The third kappa shape index (κ3) is 3.14. The molecular weight excluding hydrogens is 276 g/mol. The van der Waals surface area contributed by atoms with Crippen LogP contribution < -0.4 is 10.5 Å². The van der Waals surface area contributed by atoms with Gasteiger partial charge >= 0.3 is 0 Å². The molecule has 116 valence electrons. The molecule has 0 radical (unpaired) electrons. The molecule has 1 unspecified atom stereocenters. The van der Waals surface area contributed by atoms with Crippen molar-refractivity contribution in [2.24, 2.45) is 5.73 Å². The SMILES string of the molecule is NCC1c2cc(Oc3ccccc3)ccc2CN1CCCO. The fraction of sp³-hybridized carbons (Fsp3) is 0.333. The number of hydrogen-bond donors (Lipinski definition) is 2. The van der Waals surface area contributed by atoms with Crippen molar-refractivity contribution in [1.82, 2.24) is 4.90 Å². The van der Waals surface area contributed by atoms with Gasteiger partial charge in [0.05, 0.1) is 0 Å². The van der Waals surface area contributed by atoms with Gasteiger partial charge < -0.3 is 15.6 Å². The van der Waals surface area contributed by atoms with Gasteiger partial charge in [0.2, 0.25) is 0 Å². The smallest absolute Gasteiger partial charge is 0.127 e. The normalized spacial score (nSPS) is 17.5. The van der Waals surface area contributed by atoms with Crippen molar-refractivity contribution in [3.63, 3.8) is 0 Å². The first-order valence-corrected chi connectivity index (χ1v) is 7.72. The van der Waals surface area contributed by atoms with E-state index in [9.17, 15) is 0 Å². The molecule has 0 aromatic heterocycles. The summed E-state index contributed by atoms with van der Waals surface area (Å²) in [6.07, 6.45) is 0.776. The van der Waals surface area contributed by atoms with Crippen molar-refractivity contribution in [3.8, 4) is 11.5 Å². The van der Waals surface area contributed by atoms with Crippen LogP contribution in [0.25, 0.3) is 0 Å². The summed E-state index contributed by atoms with van der Waals surface area (Å²) in [6.45, 7) is 2.55. The Morgan fingerprint density at radius 1 is 1.14 bits per heavy atom. The lowest BCUT2D eigenvalue weighted by Gasteiger charge is -2.23. The van der Waals surface area contributed by atoms with Crippen LogP contribution >= 0.6 is 0 Å².